The maximum absolute atomic E-state index is 9.74. The Kier molecular flexibility index (Phi) is 7.90. The lowest BCUT2D eigenvalue weighted by molar-refractivity contribution is 0.160. The number of hydrogen-bond acceptors (Lipinski definition) is 1. The van der Waals surface area contributed by atoms with Gasteiger partial charge in [-0.25, -0.2) is 0 Å². The molecule has 0 heterocycles. The lowest BCUT2D eigenvalue weighted by atomic mass is 9.77. The highest BCUT2D eigenvalue weighted by molar-refractivity contribution is 5.39. The van der Waals surface area contributed by atoms with E-state index < -0.39 is 0 Å². The lowest BCUT2D eigenvalue weighted by Crippen LogP contribution is -2.19. The van der Waals surface area contributed by atoms with Crippen LogP contribution in [0.4, 0.5) is 0 Å². The summed E-state index contributed by atoms with van der Waals surface area (Å²) >= 11 is 0. The quantitative estimate of drug-likeness (QED) is 0.487. The van der Waals surface area contributed by atoms with Crippen LogP contribution in [-0.2, 0) is 18.3 Å². The number of benzene rings is 2. The number of unbranched alkanes of at least 4 members (excludes halogenated alkanes) is 2. The van der Waals surface area contributed by atoms with Gasteiger partial charge in [-0.2, -0.15) is 0 Å². The zero-order chi connectivity index (χ0) is 19.0. The summed E-state index contributed by atoms with van der Waals surface area (Å²) in [6.45, 7) is 8.89. The fraction of sp³-hybridized carbons (Fsp3) is 0.520. The average molecular weight is 353 g/mol. The molecule has 1 heteroatoms. The van der Waals surface area contributed by atoms with Crippen LogP contribution in [0.25, 0.3) is 0 Å². The third-order valence-electron chi connectivity index (χ3n) is 5.66. The van der Waals surface area contributed by atoms with Crippen molar-refractivity contribution in [3.8, 4) is 0 Å². The van der Waals surface area contributed by atoms with E-state index in [9.17, 15) is 5.11 Å². The monoisotopic (exact) mass is 352 g/mol. The Labute approximate surface area is 160 Å². The van der Waals surface area contributed by atoms with Gasteiger partial charge in [0.25, 0.3) is 0 Å². The second-order valence-corrected chi connectivity index (χ2v) is 8.08. The molecule has 1 nitrogen and oxygen atoms in total. The second-order valence-electron chi connectivity index (χ2n) is 8.08. The van der Waals surface area contributed by atoms with Gasteiger partial charge in [-0.1, -0.05) is 89.1 Å². The molecule has 0 radical (unpaired) electrons. The van der Waals surface area contributed by atoms with E-state index in [4.69, 9.17) is 0 Å². The van der Waals surface area contributed by atoms with Gasteiger partial charge in [0.05, 0.1) is 6.10 Å². The highest BCUT2D eigenvalue weighted by Gasteiger charge is 2.22. The second kappa shape index (κ2) is 9.92. The molecule has 2 aromatic carbocycles. The van der Waals surface area contributed by atoms with E-state index in [1.807, 2.05) is 6.92 Å². The first-order valence-electron chi connectivity index (χ1n) is 10.3. The van der Waals surface area contributed by atoms with Gasteiger partial charge >= 0.3 is 0 Å². The SMILES string of the molecule is CCCCCc1ccc(C(C)(C)c2ccc(CCC(O)CC)cc2)cc1. The van der Waals surface area contributed by atoms with E-state index in [1.165, 1.54) is 47.9 Å². The number of aryl methyl sites for hydroxylation is 2. The number of hydrogen-bond donors (Lipinski definition) is 1. The van der Waals surface area contributed by atoms with Crippen LogP contribution in [0.1, 0.15) is 82.1 Å². The summed E-state index contributed by atoms with van der Waals surface area (Å²) in [6, 6.07) is 18.1. The minimum Gasteiger partial charge on any atom is -0.393 e. The van der Waals surface area contributed by atoms with Crippen molar-refractivity contribution in [1.29, 1.82) is 0 Å². The van der Waals surface area contributed by atoms with Crippen molar-refractivity contribution >= 4 is 0 Å². The molecule has 0 bridgehead atoms. The molecule has 0 fully saturated rings. The maximum Gasteiger partial charge on any atom is 0.0540 e. The molecule has 2 rings (SSSR count). The first-order valence-corrected chi connectivity index (χ1v) is 10.3. The molecule has 26 heavy (non-hydrogen) atoms. The highest BCUT2D eigenvalue weighted by Crippen LogP contribution is 2.32. The van der Waals surface area contributed by atoms with Crippen LogP contribution in [0.3, 0.4) is 0 Å². The zero-order valence-electron chi connectivity index (χ0n) is 17.1. The number of aliphatic hydroxyl groups is 1. The van der Waals surface area contributed by atoms with Gasteiger partial charge in [-0.05, 0) is 54.4 Å². The van der Waals surface area contributed by atoms with Crippen LogP contribution >= 0.6 is 0 Å². The third-order valence-corrected chi connectivity index (χ3v) is 5.66. The zero-order valence-corrected chi connectivity index (χ0v) is 17.1. The van der Waals surface area contributed by atoms with Crippen LogP contribution in [0.2, 0.25) is 0 Å². The average Bonchev–Trinajstić information content (AvgIpc) is 2.67. The van der Waals surface area contributed by atoms with Crippen LogP contribution < -0.4 is 0 Å². The normalized spacial score (nSPS) is 13.0. The van der Waals surface area contributed by atoms with Crippen LogP contribution in [0, 0.1) is 0 Å². The Morgan fingerprint density at radius 2 is 1.27 bits per heavy atom. The Morgan fingerprint density at radius 1 is 0.769 bits per heavy atom. The molecule has 0 saturated carbocycles. The Bertz CT molecular complexity index is 637. The molecule has 0 spiro atoms. The van der Waals surface area contributed by atoms with E-state index >= 15 is 0 Å². The molecule has 0 amide bonds. The predicted molar refractivity (Wildman–Crippen MR) is 113 cm³/mol. The molecule has 142 valence electrons. The van der Waals surface area contributed by atoms with Gasteiger partial charge in [-0.15, -0.1) is 0 Å². The Morgan fingerprint density at radius 3 is 1.73 bits per heavy atom. The molecular weight excluding hydrogens is 316 g/mol. The number of rotatable bonds is 10. The topological polar surface area (TPSA) is 20.2 Å². The van der Waals surface area contributed by atoms with E-state index in [0.717, 1.165) is 19.3 Å². The minimum atomic E-state index is -0.179. The summed E-state index contributed by atoms with van der Waals surface area (Å²) in [5, 5.41) is 9.74. The van der Waals surface area contributed by atoms with E-state index in [-0.39, 0.29) is 11.5 Å². The van der Waals surface area contributed by atoms with Crippen molar-refractivity contribution in [2.24, 2.45) is 0 Å². The largest absolute Gasteiger partial charge is 0.393 e. The van der Waals surface area contributed by atoms with E-state index in [2.05, 4.69) is 69.3 Å². The molecule has 1 atom stereocenters. The van der Waals surface area contributed by atoms with Crippen molar-refractivity contribution in [3.63, 3.8) is 0 Å². The fourth-order valence-corrected chi connectivity index (χ4v) is 3.46. The van der Waals surface area contributed by atoms with Crippen LogP contribution in [0.15, 0.2) is 48.5 Å². The summed E-state index contributed by atoms with van der Waals surface area (Å²) in [7, 11) is 0. The molecule has 2 aromatic rings. The highest BCUT2D eigenvalue weighted by atomic mass is 16.3. The number of aliphatic hydroxyl groups excluding tert-OH is 1. The van der Waals surface area contributed by atoms with Crippen molar-refractivity contribution in [2.75, 3.05) is 0 Å². The van der Waals surface area contributed by atoms with Crippen LogP contribution in [-0.4, -0.2) is 11.2 Å². The van der Waals surface area contributed by atoms with Crippen LogP contribution in [0.5, 0.6) is 0 Å². The van der Waals surface area contributed by atoms with E-state index in [1.54, 1.807) is 0 Å². The van der Waals surface area contributed by atoms with Gasteiger partial charge in [0.2, 0.25) is 0 Å². The molecule has 0 aromatic heterocycles. The van der Waals surface area contributed by atoms with Gasteiger partial charge in [-0.3, -0.25) is 0 Å². The minimum absolute atomic E-state index is 0.00338. The molecule has 0 aliphatic heterocycles. The maximum atomic E-state index is 9.74. The van der Waals surface area contributed by atoms with Crippen molar-refractivity contribution in [1.82, 2.24) is 0 Å². The van der Waals surface area contributed by atoms with Crippen molar-refractivity contribution in [2.45, 2.75) is 84.2 Å². The molecule has 1 unspecified atom stereocenters. The smallest absolute Gasteiger partial charge is 0.0540 e. The van der Waals surface area contributed by atoms with Gasteiger partial charge in [0.15, 0.2) is 0 Å². The molecule has 0 aliphatic carbocycles. The summed E-state index contributed by atoms with van der Waals surface area (Å²) < 4.78 is 0. The first kappa shape index (κ1) is 20.7. The Hall–Kier alpha value is -1.60. The Balaban J connectivity index is 2.04. The molecule has 0 aliphatic rings. The molecule has 0 saturated heterocycles. The summed E-state index contributed by atoms with van der Waals surface area (Å²) in [5.74, 6) is 0. The summed E-state index contributed by atoms with van der Waals surface area (Å²) in [6.07, 6.45) is 7.51. The van der Waals surface area contributed by atoms with Crippen molar-refractivity contribution < 1.29 is 5.11 Å². The van der Waals surface area contributed by atoms with E-state index in [0.29, 0.717) is 0 Å². The summed E-state index contributed by atoms with van der Waals surface area (Å²) in [4.78, 5) is 0. The molecular formula is C25H36O. The fourth-order valence-electron chi connectivity index (χ4n) is 3.46. The predicted octanol–water partition coefficient (Wildman–Crippen LogP) is 6.45. The van der Waals surface area contributed by atoms with Gasteiger partial charge in [0.1, 0.15) is 0 Å². The first-order chi connectivity index (χ1) is 12.5. The van der Waals surface area contributed by atoms with Gasteiger partial charge < -0.3 is 5.11 Å². The standard InChI is InChI=1S/C25H36O/c1-5-7-8-9-20-10-15-22(16-11-20)25(3,4)23-17-12-21(13-18-23)14-19-24(26)6-2/h10-13,15-18,24,26H,5-9,14,19H2,1-4H3. The third kappa shape index (κ3) is 5.71. The van der Waals surface area contributed by atoms with Gasteiger partial charge in [0, 0.05) is 5.41 Å². The lowest BCUT2D eigenvalue weighted by Gasteiger charge is -2.26. The van der Waals surface area contributed by atoms with Crippen molar-refractivity contribution in [3.05, 3.63) is 70.8 Å². The molecule has 1 N–H and O–H groups in total. The summed E-state index contributed by atoms with van der Waals surface area (Å²) in [5.41, 5.74) is 5.47.